The predicted molar refractivity (Wildman–Crippen MR) is 68.2 cm³/mol. The van der Waals surface area contributed by atoms with Crippen LogP contribution in [0.5, 0.6) is 0 Å². The number of hydrogen-bond acceptors (Lipinski definition) is 2. The van der Waals surface area contributed by atoms with Gasteiger partial charge in [0, 0.05) is 23.0 Å². The molecule has 1 aromatic carbocycles. The van der Waals surface area contributed by atoms with E-state index in [0.29, 0.717) is 5.56 Å². The Balaban J connectivity index is 2.34. The number of ketones is 1. The Bertz CT molecular complexity index is 529. The number of benzene rings is 1. The molecule has 0 fully saturated rings. The van der Waals surface area contributed by atoms with Crippen molar-refractivity contribution >= 4 is 5.78 Å². The molecular weight excluding hydrogens is 210 g/mol. The number of carbonyl (C=O) groups is 1. The van der Waals surface area contributed by atoms with Crippen molar-refractivity contribution in [3.63, 3.8) is 0 Å². The number of carbonyl (C=O) groups excluding carboxylic acids is 1. The average molecular weight is 225 g/mol. The van der Waals surface area contributed by atoms with E-state index in [9.17, 15) is 4.79 Å². The van der Waals surface area contributed by atoms with Gasteiger partial charge in [-0.3, -0.25) is 9.78 Å². The molecule has 0 aliphatic rings. The molecule has 1 aromatic heterocycles. The van der Waals surface area contributed by atoms with E-state index in [1.807, 2.05) is 37.3 Å². The van der Waals surface area contributed by atoms with E-state index in [0.717, 1.165) is 17.7 Å². The van der Waals surface area contributed by atoms with Crippen molar-refractivity contribution in [2.75, 3.05) is 0 Å². The third-order valence-electron chi connectivity index (χ3n) is 2.88. The van der Waals surface area contributed by atoms with Crippen LogP contribution in [0.15, 0.2) is 42.6 Å². The van der Waals surface area contributed by atoms with E-state index in [1.165, 1.54) is 5.56 Å². The predicted octanol–water partition coefficient (Wildman–Crippen LogP) is 3.18. The van der Waals surface area contributed by atoms with Gasteiger partial charge in [-0.15, -0.1) is 0 Å². The van der Waals surface area contributed by atoms with Crippen molar-refractivity contribution in [2.45, 2.75) is 20.3 Å². The lowest BCUT2D eigenvalue weighted by Crippen LogP contribution is -2.04. The molecule has 0 spiro atoms. The van der Waals surface area contributed by atoms with Gasteiger partial charge in [0.25, 0.3) is 0 Å². The molecule has 0 unspecified atom stereocenters. The molecule has 86 valence electrons. The highest BCUT2D eigenvalue weighted by atomic mass is 16.1. The SMILES string of the molecule is CCc1ccc(C(=O)c2cccnc2C)cc1. The number of rotatable bonds is 3. The fourth-order valence-electron chi connectivity index (χ4n) is 1.77. The summed E-state index contributed by atoms with van der Waals surface area (Å²) in [5.74, 6) is 0.0400. The third-order valence-corrected chi connectivity index (χ3v) is 2.88. The van der Waals surface area contributed by atoms with Crippen LogP contribution >= 0.6 is 0 Å². The average Bonchev–Trinajstić information content (AvgIpc) is 2.39. The molecule has 2 rings (SSSR count). The summed E-state index contributed by atoms with van der Waals surface area (Å²) in [5.41, 5.74) is 3.41. The van der Waals surface area contributed by atoms with Gasteiger partial charge in [0.05, 0.1) is 0 Å². The Hall–Kier alpha value is -1.96. The summed E-state index contributed by atoms with van der Waals surface area (Å²) in [6.45, 7) is 3.95. The second-order valence-corrected chi connectivity index (χ2v) is 4.02. The Labute approximate surface area is 101 Å². The minimum Gasteiger partial charge on any atom is -0.289 e. The Morgan fingerprint density at radius 3 is 2.47 bits per heavy atom. The number of nitrogens with zero attached hydrogens (tertiary/aromatic N) is 1. The van der Waals surface area contributed by atoms with E-state index < -0.39 is 0 Å². The zero-order valence-corrected chi connectivity index (χ0v) is 10.1. The van der Waals surface area contributed by atoms with Crippen LogP contribution in [0.4, 0.5) is 0 Å². The molecule has 0 saturated heterocycles. The van der Waals surface area contributed by atoms with Crippen molar-refractivity contribution in [1.29, 1.82) is 0 Å². The topological polar surface area (TPSA) is 30.0 Å². The summed E-state index contributed by atoms with van der Waals surface area (Å²) in [5, 5.41) is 0. The fourth-order valence-corrected chi connectivity index (χ4v) is 1.77. The minimum absolute atomic E-state index is 0.0400. The molecule has 0 aliphatic carbocycles. The lowest BCUT2D eigenvalue weighted by molar-refractivity contribution is 0.103. The molecule has 2 heteroatoms. The largest absolute Gasteiger partial charge is 0.289 e. The minimum atomic E-state index is 0.0400. The Morgan fingerprint density at radius 2 is 1.88 bits per heavy atom. The first-order valence-corrected chi connectivity index (χ1v) is 5.77. The van der Waals surface area contributed by atoms with Crippen LogP contribution in [0.2, 0.25) is 0 Å². The van der Waals surface area contributed by atoms with Crippen LogP contribution < -0.4 is 0 Å². The van der Waals surface area contributed by atoms with Gasteiger partial charge < -0.3 is 0 Å². The number of hydrogen-bond donors (Lipinski definition) is 0. The zero-order valence-electron chi connectivity index (χ0n) is 10.1. The van der Waals surface area contributed by atoms with E-state index in [2.05, 4.69) is 11.9 Å². The van der Waals surface area contributed by atoms with Gasteiger partial charge in [-0.05, 0) is 31.0 Å². The van der Waals surface area contributed by atoms with Gasteiger partial charge in [0.2, 0.25) is 0 Å². The summed E-state index contributed by atoms with van der Waals surface area (Å²) in [7, 11) is 0. The lowest BCUT2D eigenvalue weighted by atomic mass is 10.0. The second-order valence-electron chi connectivity index (χ2n) is 4.02. The van der Waals surface area contributed by atoms with Gasteiger partial charge in [-0.1, -0.05) is 31.2 Å². The van der Waals surface area contributed by atoms with Crippen molar-refractivity contribution in [3.05, 3.63) is 65.0 Å². The van der Waals surface area contributed by atoms with E-state index in [-0.39, 0.29) is 5.78 Å². The molecule has 0 N–H and O–H groups in total. The van der Waals surface area contributed by atoms with Crippen molar-refractivity contribution in [1.82, 2.24) is 4.98 Å². The lowest BCUT2D eigenvalue weighted by Gasteiger charge is -2.04. The van der Waals surface area contributed by atoms with Crippen LogP contribution in [0.3, 0.4) is 0 Å². The zero-order chi connectivity index (χ0) is 12.3. The van der Waals surface area contributed by atoms with Crippen LogP contribution in [0.25, 0.3) is 0 Å². The quantitative estimate of drug-likeness (QED) is 0.751. The van der Waals surface area contributed by atoms with Crippen LogP contribution in [-0.4, -0.2) is 10.8 Å². The van der Waals surface area contributed by atoms with Gasteiger partial charge in [0.15, 0.2) is 5.78 Å². The first kappa shape index (κ1) is 11.5. The van der Waals surface area contributed by atoms with Crippen LogP contribution in [0, 0.1) is 6.92 Å². The van der Waals surface area contributed by atoms with Crippen molar-refractivity contribution < 1.29 is 4.79 Å². The standard InChI is InChI=1S/C15H15NO/c1-3-12-6-8-13(9-7-12)15(17)14-5-4-10-16-11(14)2/h4-10H,3H2,1-2H3. The molecule has 17 heavy (non-hydrogen) atoms. The maximum atomic E-state index is 12.2. The van der Waals surface area contributed by atoms with E-state index in [1.54, 1.807) is 12.3 Å². The summed E-state index contributed by atoms with van der Waals surface area (Å²) in [6, 6.07) is 11.4. The smallest absolute Gasteiger partial charge is 0.194 e. The second kappa shape index (κ2) is 4.91. The first-order chi connectivity index (χ1) is 8.22. The Kier molecular flexibility index (Phi) is 3.33. The number of aromatic nitrogens is 1. The highest BCUT2D eigenvalue weighted by molar-refractivity contribution is 6.09. The molecule has 0 atom stereocenters. The van der Waals surface area contributed by atoms with Gasteiger partial charge in [-0.2, -0.15) is 0 Å². The molecule has 0 bridgehead atoms. The molecular formula is C15H15NO. The maximum Gasteiger partial charge on any atom is 0.194 e. The van der Waals surface area contributed by atoms with E-state index >= 15 is 0 Å². The molecule has 0 aliphatic heterocycles. The van der Waals surface area contributed by atoms with Crippen LogP contribution in [0.1, 0.15) is 34.1 Å². The highest BCUT2D eigenvalue weighted by Crippen LogP contribution is 2.13. The summed E-state index contributed by atoms with van der Waals surface area (Å²) < 4.78 is 0. The summed E-state index contributed by atoms with van der Waals surface area (Å²) in [6.07, 6.45) is 2.69. The Morgan fingerprint density at radius 1 is 1.18 bits per heavy atom. The molecule has 0 radical (unpaired) electrons. The van der Waals surface area contributed by atoms with Crippen molar-refractivity contribution in [2.24, 2.45) is 0 Å². The van der Waals surface area contributed by atoms with Crippen molar-refractivity contribution in [3.8, 4) is 0 Å². The number of pyridine rings is 1. The monoisotopic (exact) mass is 225 g/mol. The third kappa shape index (κ3) is 2.41. The normalized spacial score (nSPS) is 10.2. The molecule has 2 aromatic rings. The van der Waals surface area contributed by atoms with Crippen LogP contribution in [-0.2, 0) is 6.42 Å². The first-order valence-electron chi connectivity index (χ1n) is 5.77. The van der Waals surface area contributed by atoms with Gasteiger partial charge >= 0.3 is 0 Å². The molecule has 1 heterocycles. The van der Waals surface area contributed by atoms with Gasteiger partial charge in [0.1, 0.15) is 0 Å². The maximum absolute atomic E-state index is 12.2. The number of aryl methyl sites for hydroxylation is 2. The highest BCUT2D eigenvalue weighted by Gasteiger charge is 2.11. The van der Waals surface area contributed by atoms with Gasteiger partial charge in [-0.25, -0.2) is 0 Å². The molecule has 2 nitrogen and oxygen atoms in total. The van der Waals surface area contributed by atoms with E-state index in [4.69, 9.17) is 0 Å². The fraction of sp³-hybridized carbons (Fsp3) is 0.200. The summed E-state index contributed by atoms with van der Waals surface area (Å²) in [4.78, 5) is 16.4. The molecule has 0 amide bonds. The summed E-state index contributed by atoms with van der Waals surface area (Å²) >= 11 is 0. The molecule has 0 saturated carbocycles.